The molecular formula is C21H30N2O3Si. The molecule has 6 heteroatoms. The molecule has 146 valence electrons. The third-order valence-corrected chi connectivity index (χ3v) is 10.3. The first-order valence-corrected chi connectivity index (χ1v) is 12.5. The molecule has 1 heterocycles. The van der Waals surface area contributed by atoms with Crippen molar-refractivity contribution in [2.24, 2.45) is 0 Å². The number of carbonyl (C=O) groups is 1. The van der Waals surface area contributed by atoms with Gasteiger partial charge in [-0.2, -0.15) is 5.10 Å². The fourth-order valence-electron chi connectivity index (χ4n) is 3.32. The van der Waals surface area contributed by atoms with Crippen molar-refractivity contribution in [3.05, 3.63) is 53.3 Å². The molecule has 2 atom stereocenters. The summed E-state index contributed by atoms with van der Waals surface area (Å²) >= 11 is 0. The highest BCUT2D eigenvalue weighted by Crippen LogP contribution is 2.43. The number of esters is 1. The molecule has 0 amide bonds. The van der Waals surface area contributed by atoms with Gasteiger partial charge in [0.2, 0.25) is 0 Å². The molecule has 0 radical (unpaired) electrons. The molecule has 1 aromatic heterocycles. The molecule has 0 saturated heterocycles. The van der Waals surface area contributed by atoms with Crippen molar-refractivity contribution in [2.75, 3.05) is 6.61 Å². The average Bonchev–Trinajstić information content (AvgIpc) is 3.17. The zero-order valence-electron chi connectivity index (χ0n) is 17.2. The maximum atomic E-state index is 12.1. The van der Waals surface area contributed by atoms with Crippen LogP contribution in [0.1, 0.15) is 55.2 Å². The maximum Gasteiger partial charge on any atom is 0.341 e. The molecule has 0 saturated carbocycles. The number of nitrogens with zero attached hydrogens (tertiary/aromatic N) is 2. The van der Waals surface area contributed by atoms with Gasteiger partial charge in [-0.15, -0.1) is 0 Å². The van der Waals surface area contributed by atoms with Crippen molar-refractivity contribution in [3.63, 3.8) is 0 Å². The van der Waals surface area contributed by atoms with Gasteiger partial charge in [-0.05, 0) is 36.2 Å². The lowest BCUT2D eigenvalue weighted by molar-refractivity contribution is 0.0526. The zero-order chi connectivity index (χ0) is 19.8. The lowest BCUT2D eigenvalue weighted by atomic mass is 10.1. The van der Waals surface area contributed by atoms with E-state index >= 15 is 0 Å². The Hall–Kier alpha value is -1.92. The molecule has 0 fully saturated rings. The van der Waals surface area contributed by atoms with Crippen LogP contribution in [-0.4, -0.2) is 36.8 Å². The lowest BCUT2D eigenvalue weighted by Gasteiger charge is -2.39. The summed E-state index contributed by atoms with van der Waals surface area (Å²) in [5.74, 6) is -0.336. The summed E-state index contributed by atoms with van der Waals surface area (Å²) in [6.45, 7) is 13.5. The third-order valence-electron chi connectivity index (χ3n) is 5.80. The minimum Gasteiger partial charge on any atom is -0.462 e. The molecular weight excluding hydrogens is 356 g/mol. The Labute approximate surface area is 162 Å². The number of aromatic nitrogens is 2. The van der Waals surface area contributed by atoms with Crippen molar-refractivity contribution in [1.29, 1.82) is 0 Å². The summed E-state index contributed by atoms with van der Waals surface area (Å²) in [6.07, 6.45) is 4.25. The largest absolute Gasteiger partial charge is 0.462 e. The molecule has 5 nitrogen and oxygen atoms in total. The van der Waals surface area contributed by atoms with E-state index < -0.39 is 8.32 Å². The van der Waals surface area contributed by atoms with Crippen molar-refractivity contribution in [3.8, 4) is 0 Å². The predicted molar refractivity (Wildman–Crippen MR) is 109 cm³/mol. The second-order valence-electron chi connectivity index (χ2n) is 8.69. The van der Waals surface area contributed by atoms with E-state index in [0.717, 1.165) is 6.42 Å². The van der Waals surface area contributed by atoms with Crippen LogP contribution in [0.15, 0.2) is 36.7 Å². The first-order valence-electron chi connectivity index (χ1n) is 9.61. The molecule has 2 aromatic rings. The van der Waals surface area contributed by atoms with E-state index in [0.29, 0.717) is 12.2 Å². The Bertz CT molecular complexity index is 823. The molecule has 1 aromatic carbocycles. The molecule has 3 rings (SSSR count). The van der Waals surface area contributed by atoms with Crippen LogP contribution in [0.4, 0.5) is 0 Å². The highest BCUT2D eigenvalue weighted by Gasteiger charge is 2.44. The van der Waals surface area contributed by atoms with Gasteiger partial charge in [0.1, 0.15) is 6.04 Å². The average molecular weight is 387 g/mol. The molecule has 0 unspecified atom stereocenters. The summed E-state index contributed by atoms with van der Waals surface area (Å²) < 4.78 is 13.8. The Balaban J connectivity index is 1.95. The van der Waals surface area contributed by atoms with Crippen LogP contribution in [0.3, 0.4) is 0 Å². The zero-order valence-corrected chi connectivity index (χ0v) is 18.2. The van der Waals surface area contributed by atoms with Crippen LogP contribution < -0.4 is 0 Å². The van der Waals surface area contributed by atoms with Gasteiger partial charge in [-0.1, -0.05) is 45.0 Å². The molecule has 0 spiro atoms. The summed E-state index contributed by atoms with van der Waals surface area (Å²) in [7, 11) is -1.94. The molecule has 1 aliphatic rings. The van der Waals surface area contributed by atoms with Crippen molar-refractivity contribution >= 4 is 14.3 Å². The van der Waals surface area contributed by atoms with Crippen LogP contribution in [0.5, 0.6) is 0 Å². The quantitative estimate of drug-likeness (QED) is 0.557. The molecule has 27 heavy (non-hydrogen) atoms. The van der Waals surface area contributed by atoms with E-state index in [2.05, 4.69) is 63.2 Å². The smallest absolute Gasteiger partial charge is 0.341 e. The standard InChI is InChI=1S/C21H30N2O3Si/c1-7-25-20(24)16-13-22-23(14-16)19-17-11-9-8-10-15(17)12-18(19)26-27(5,6)21(2,3)4/h8-11,13-14,18-19H,7,12H2,1-6H3/t18-,19-/m0/s1. The van der Waals surface area contributed by atoms with Gasteiger partial charge in [0, 0.05) is 12.6 Å². The number of hydrogen-bond acceptors (Lipinski definition) is 4. The van der Waals surface area contributed by atoms with Gasteiger partial charge in [-0.3, -0.25) is 4.68 Å². The van der Waals surface area contributed by atoms with E-state index in [9.17, 15) is 4.79 Å². The van der Waals surface area contributed by atoms with Crippen LogP contribution in [0.2, 0.25) is 18.1 Å². The summed E-state index contributed by atoms with van der Waals surface area (Å²) in [5, 5.41) is 4.63. The molecule has 0 aliphatic heterocycles. The number of fused-ring (bicyclic) bond motifs is 1. The number of carbonyl (C=O) groups excluding carboxylic acids is 1. The van der Waals surface area contributed by atoms with Crippen LogP contribution >= 0.6 is 0 Å². The second-order valence-corrected chi connectivity index (χ2v) is 13.5. The Morgan fingerprint density at radius 3 is 2.67 bits per heavy atom. The highest BCUT2D eigenvalue weighted by molar-refractivity contribution is 6.74. The molecule has 0 bridgehead atoms. The van der Waals surface area contributed by atoms with E-state index in [1.165, 1.54) is 11.1 Å². The van der Waals surface area contributed by atoms with Gasteiger partial charge in [0.25, 0.3) is 0 Å². The third kappa shape index (κ3) is 3.87. The fourth-order valence-corrected chi connectivity index (χ4v) is 4.64. The summed E-state index contributed by atoms with van der Waals surface area (Å²) in [5.41, 5.74) is 2.99. The van der Waals surface area contributed by atoms with E-state index in [-0.39, 0.29) is 23.2 Å². The van der Waals surface area contributed by atoms with Gasteiger partial charge in [0.05, 0.1) is 24.5 Å². The van der Waals surface area contributed by atoms with Crippen LogP contribution in [0, 0.1) is 0 Å². The van der Waals surface area contributed by atoms with Crippen molar-refractivity contribution in [1.82, 2.24) is 9.78 Å². The number of rotatable bonds is 5. The van der Waals surface area contributed by atoms with Crippen LogP contribution in [-0.2, 0) is 15.6 Å². The minimum atomic E-state index is -1.94. The second kappa shape index (κ2) is 7.24. The SMILES string of the molecule is CCOC(=O)c1cnn([C@H]2c3ccccc3C[C@@H]2O[Si](C)(C)C(C)(C)C)c1. The first-order chi connectivity index (χ1) is 12.6. The van der Waals surface area contributed by atoms with Crippen molar-refractivity contribution < 1.29 is 14.0 Å². The Morgan fingerprint density at radius 1 is 1.30 bits per heavy atom. The molecule has 1 aliphatic carbocycles. The van der Waals surface area contributed by atoms with Gasteiger partial charge in [0.15, 0.2) is 8.32 Å². The monoisotopic (exact) mass is 386 g/mol. The first kappa shape index (κ1) is 19.8. The predicted octanol–water partition coefficient (Wildman–Crippen LogP) is 4.60. The van der Waals surface area contributed by atoms with Gasteiger partial charge in [-0.25, -0.2) is 4.79 Å². The normalized spacial score (nSPS) is 19.8. The van der Waals surface area contributed by atoms with E-state index in [1.54, 1.807) is 19.3 Å². The number of ether oxygens (including phenoxy) is 1. The fraction of sp³-hybridized carbons (Fsp3) is 0.524. The number of benzene rings is 1. The van der Waals surface area contributed by atoms with E-state index in [4.69, 9.17) is 9.16 Å². The maximum absolute atomic E-state index is 12.1. The Kier molecular flexibility index (Phi) is 5.32. The summed E-state index contributed by atoms with van der Waals surface area (Å²) in [4.78, 5) is 12.1. The highest BCUT2D eigenvalue weighted by atomic mass is 28.4. The van der Waals surface area contributed by atoms with Gasteiger partial charge < -0.3 is 9.16 Å². The van der Waals surface area contributed by atoms with Crippen LogP contribution in [0.25, 0.3) is 0 Å². The minimum absolute atomic E-state index is 0.0123. The number of hydrogen-bond donors (Lipinski definition) is 0. The topological polar surface area (TPSA) is 53.3 Å². The lowest BCUT2D eigenvalue weighted by Crippen LogP contribution is -2.45. The van der Waals surface area contributed by atoms with Gasteiger partial charge >= 0.3 is 5.97 Å². The summed E-state index contributed by atoms with van der Waals surface area (Å²) in [6, 6.07) is 8.39. The Morgan fingerprint density at radius 2 is 2.00 bits per heavy atom. The molecule has 0 N–H and O–H groups in total. The van der Waals surface area contributed by atoms with E-state index in [1.807, 2.05) is 4.68 Å². The van der Waals surface area contributed by atoms with Crippen molar-refractivity contribution in [2.45, 2.75) is 64.4 Å².